The van der Waals surface area contributed by atoms with Gasteiger partial charge in [-0.25, -0.2) is 0 Å². The Morgan fingerprint density at radius 1 is 1.18 bits per heavy atom. The van der Waals surface area contributed by atoms with Crippen LogP contribution in [0.3, 0.4) is 0 Å². The molecule has 0 aromatic heterocycles. The molecule has 3 rings (SSSR count). The molecule has 1 aromatic carbocycles. The van der Waals surface area contributed by atoms with Gasteiger partial charge >= 0.3 is 0 Å². The second-order valence-corrected chi connectivity index (χ2v) is 4.58. The maximum absolute atomic E-state index is 11.7. The fraction of sp³-hybridized carbons (Fsp3) is 0.286. The van der Waals surface area contributed by atoms with Crippen molar-refractivity contribution in [2.24, 2.45) is 0 Å². The Labute approximate surface area is 99.7 Å². The van der Waals surface area contributed by atoms with Gasteiger partial charge in [-0.3, -0.25) is 14.5 Å². The van der Waals surface area contributed by atoms with E-state index in [1.807, 2.05) is 12.1 Å². The van der Waals surface area contributed by atoms with E-state index in [1.165, 1.54) is 28.2 Å². The summed E-state index contributed by atoms with van der Waals surface area (Å²) < 4.78 is 0. The second kappa shape index (κ2) is 3.55. The summed E-state index contributed by atoms with van der Waals surface area (Å²) in [6.07, 6.45) is 4.51. The lowest BCUT2D eigenvalue weighted by Crippen LogP contribution is -2.33. The van der Waals surface area contributed by atoms with Gasteiger partial charge in [0, 0.05) is 12.2 Å². The third-order valence-corrected chi connectivity index (χ3v) is 3.63. The molecule has 0 bridgehead atoms. The molecule has 2 aliphatic rings. The van der Waals surface area contributed by atoms with Crippen LogP contribution in [0, 0.1) is 6.92 Å². The number of imide groups is 1. The van der Waals surface area contributed by atoms with Crippen molar-refractivity contribution in [1.82, 2.24) is 4.90 Å². The number of fused-ring (bicyclic) bond motifs is 1. The third kappa shape index (κ3) is 1.42. The summed E-state index contributed by atoms with van der Waals surface area (Å²) in [7, 11) is 0. The first-order chi connectivity index (χ1) is 8.18. The van der Waals surface area contributed by atoms with E-state index in [2.05, 4.69) is 13.0 Å². The van der Waals surface area contributed by atoms with Gasteiger partial charge in [0.1, 0.15) is 0 Å². The predicted molar refractivity (Wildman–Crippen MR) is 63.2 cm³/mol. The highest BCUT2D eigenvalue weighted by Crippen LogP contribution is 2.38. The lowest BCUT2D eigenvalue weighted by atomic mass is 10.0. The molecule has 86 valence electrons. The van der Waals surface area contributed by atoms with Gasteiger partial charge in [0.05, 0.1) is 6.04 Å². The monoisotopic (exact) mass is 227 g/mol. The Morgan fingerprint density at radius 2 is 1.88 bits per heavy atom. The van der Waals surface area contributed by atoms with Crippen LogP contribution >= 0.6 is 0 Å². The average Bonchev–Trinajstić information content (AvgIpc) is 2.84. The summed E-state index contributed by atoms with van der Waals surface area (Å²) in [5.41, 5.74) is 3.68. The number of hydrogen-bond donors (Lipinski definition) is 0. The van der Waals surface area contributed by atoms with Crippen molar-refractivity contribution < 1.29 is 9.59 Å². The first kappa shape index (κ1) is 10.3. The number of rotatable bonds is 1. The molecule has 3 nitrogen and oxygen atoms in total. The fourth-order valence-corrected chi connectivity index (χ4v) is 2.80. The maximum atomic E-state index is 11.7. The zero-order chi connectivity index (χ0) is 12.0. The Balaban J connectivity index is 2.02. The Hall–Kier alpha value is -1.90. The number of aryl methyl sites for hydroxylation is 1. The smallest absolute Gasteiger partial charge is 0.254 e. The van der Waals surface area contributed by atoms with E-state index in [4.69, 9.17) is 0 Å². The predicted octanol–water partition coefficient (Wildman–Crippen LogP) is 1.91. The molecule has 1 aromatic rings. The van der Waals surface area contributed by atoms with Crippen molar-refractivity contribution in [2.45, 2.75) is 25.8 Å². The quantitative estimate of drug-likeness (QED) is 0.687. The highest BCUT2D eigenvalue weighted by Gasteiger charge is 2.36. The van der Waals surface area contributed by atoms with Crippen LogP contribution in [0.5, 0.6) is 0 Å². The van der Waals surface area contributed by atoms with Crippen LogP contribution in [-0.4, -0.2) is 16.7 Å². The van der Waals surface area contributed by atoms with E-state index < -0.39 is 0 Å². The van der Waals surface area contributed by atoms with Crippen LogP contribution in [0.2, 0.25) is 0 Å². The highest BCUT2D eigenvalue weighted by atomic mass is 16.2. The Bertz CT molecular complexity index is 527. The van der Waals surface area contributed by atoms with Gasteiger partial charge in [0.25, 0.3) is 11.8 Å². The molecule has 2 amide bonds. The molecular formula is C14H13NO2. The Morgan fingerprint density at radius 3 is 2.59 bits per heavy atom. The number of nitrogens with zero attached hydrogens (tertiary/aromatic N) is 1. The minimum absolute atomic E-state index is 0.0695. The van der Waals surface area contributed by atoms with E-state index in [1.54, 1.807) is 0 Å². The molecule has 1 atom stereocenters. The van der Waals surface area contributed by atoms with Crippen LogP contribution in [-0.2, 0) is 16.0 Å². The molecular weight excluding hydrogens is 214 g/mol. The van der Waals surface area contributed by atoms with Crippen molar-refractivity contribution in [3.8, 4) is 0 Å². The van der Waals surface area contributed by atoms with E-state index in [0.29, 0.717) is 0 Å². The molecule has 0 fully saturated rings. The van der Waals surface area contributed by atoms with Crippen LogP contribution in [0.25, 0.3) is 0 Å². The van der Waals surface area contributed by atoms with Crippen LogP contribution in [0.4, 0.5) is 0 Å². The first-order valence-electron chi connectivity index (χ1n) is 5.82. The van der Waals surface area contributed by atoms with Crippen molar-refractivity contribution in [3.05, 3.63) is 47.0 Å². The summed E-state index contributed by atoms with van der Waals surface area (Å²) in [4.78, 5) is 24.7. The van der Waals surface area contributed by atoms with Crippen molar-refractivity contribution in [1.29, 1.82) is 0 Å². The van der Waals surface area contributed by atoms with Gasteiger partial charge in [-0.1, -0.05) is 18.2 Å². The minimum atomic E-state index is -0.186. The summed E-state index contributed by atoms with van der Waals surface area (Å²) in [6.45, 7) is 2.08. The topological polar surface area (TPSA) is 37.4 Å². The summed E-state index contributed by atoms with van der Waals surface area (Å²) in [6, 6.07) is 6.02. The van der Waals surface area contributed by atoms with E-state index in [9.17, 15) is 9.59 Å². The number of carbonyl (C=O) groups is 2. The summed E-state index contributed by atoms with van der Waals surface area (Å²) in [5, 5.41) is 0. The van der Waals surface area contributed by atoms with E-state index in [-0.39, 0.29) is 17.9 Å². The first-order valence-corrected chi connectivity index (χ1v) is 5.82. The highest BCUT2D eigenvalue weighted by molar-refractivity contribution is 6.13. The molecule has 0 saturated heterocycles. The van der Waals surface area contributed by atoms with Crippen molar-refractivity contribution in [2.75, 3.05) is 0 Å². The van der Waals surface area contributed by atoms with Crippen molar-refractivity contribution >= 4 is 11.8 Å². The van der Waals surface area contributed by atoms with E-state index in [0.717, 1.165) is 18.4 Å². The lowest BCUT2D eigenvalue weighted by molar-refractivity contribution is -0.139. The fourth-order valence-electron chi connectivity index (χ4n) is 2.80. The van der Waals surface area contributed by atoms with Gasteiger partial charge in [0.15, 0.2) is 0 Å². The zero-order valence-corrected chi connectivity index (χ0v) is 9.64. The Kier molecular flexibility index (Phi) is 2.15. The standard InChI is InChI=1S/C14H13NO2/c1-9-3-2-4-11-10(9)5-6-12(11)15-13(16)7-8-14(15)17/h2-4,7-8,12H,5-6H2,1H3/t12-/m0/s1. The summed E-state index contributed by atoms with van der Waals surface area (Å²) in [5.74, 6) is -0.372. The lowest BCUT2D eigenvalue weighted by Gasteiger charge is -2.22. The molecule has 3 heteroatoms. The maximum Gasteiger partial charge on any atom is 0.254 e. The number of amides is 2. The number of benzene rings is 1. The van der Waals surface area contributed by atoms with Crippen LogP contribution in [0.1, 0.15) is 29.2 Å². The van der Waals surface area contributed by atoms with E-state index >= 15 is 0 Å². The number of carbonyl (C=O) groups excluding carboxylic acids is 2. The molecule has 1 aliphatic heterocycles. The van der Waals surface area contributed by atoms with Gasteiger partial charge in [-0.2, -0.15) is 0 Å². The summed E-state index contributed by atoms with van der Waals surface area (Å²) >= 11 is 0. The van der Waals surface area contributed by atoms with Gasteiger partial charge in [-0.05, 0) is 36.5 Å². The van der Waals surface area contributed by atoms with Crippen molar-refractivity contribution in [3.63, 3.8) is 0 Å². The van der Waals surface area contributed by atoms with Gasteiger partial charge in [-0.15, -0.1) is 0 Å². The van der Waals surface area contributed by atoms with Gasteiger partial charge in [0.2, 0.25) is 0 Å². The SMILES string of the molecule is Cc1cccc2c1CC[C@@H]2N1C(=O)C=CC1=O. The number of hydrogen-bond acceptors (Lipinski definition) is 2. The molecule has 0 unspecified atom stereocenters. The average molecular weight is 227 g/mol. The van der Waals surface area contributed by atoms with Gasteiger partial charge < -0.3 is 0 Å². The van der Waals surface area contributed by atoms with Crippen LogP contribution < -0.4 is 0 Å². The third-order valence-electron chi connectivity index (χ3n) is 3.63. The molecule has 0 N–H and O–H groups in total. The molecule has 0 spiro atoms. The normalized spacial score (nSPS) is 22.4. The molecule has 0 saturated carbocycles. The minimum Gasteiger partial charge on any atom is -0.269 e. The molecule has 0 radical (unpaired) electrons. The second-order valence-electron chi connectivity index (χ2n) is 4.58. The molecule has 17 heavy (non-hydrogen) atoms. The molecule has 1 aliphatic carbocycles. The largest absolute Gasteiger partial charge is 0.269 e. The van der Waals surface area contributed by atoms with Crippen LogP contribution in [0.15, 0.2) is 30.4 Å². The molecule has 1 heterocycles. The zero-order valence-electron chi connectivity index (χ0n) is 9.64.